The van der Waals surface area contributed by atoms with Gasteiger partial charge in [0.2, 0.25) is 0 Å². The summed E-state index contributed by atoms with van der Waals surface area (Å²) in [4.78, 5) is 12.3. The normalized spacial score (nSPS) is 12.1. The number of hydrogen-bond donors (Lipinski definition) is 0. The molecule has 28 heavy (non-hydrogen) atoms. The summed E-state index contributed by atoms with van der Waals surface area (Å²) in [6.07, 6.45) is 1.56. The molecule has 1 aromatic carbocycles. The molecule has 0 fully saturated rings. The van der Waals surface area contributed by atoms with Crippen LogP contribution in [-0.4, -0.2) is 24.3 Å². The SMILES string of the molecule is COC[C@@H](C)n1c(C)cc(/C=C(\C#N)C(=O)OCc2ccc(C#N)cc2)c1C. The minimum atomic E-state index is -0.679. The van der Waals surface area contributed by atoms with E-state index in [9.17, 15) is 10.1 Å². The fourth-order valence-electron chi connectivity index (χ4n) is 3.14. The lowest BCUT2D eigenvalue weighted by Gasteiger charge is -2.17. The maximum Gasteiger partial charge on any atom is 0.349 e. The van der Waals surface area contributed by atoms with E-state index in [0.29, 0.717) is 12.2 Å². The fraction of sp³-hybridized carbons (Fsp3) is 0.318. The summed E-state index contributed by atoms with van der Waals surface area (Å²) >= 11 is 0. The second-order valence-electron chi connectivity index (χ2n) is 6.56. The van der Waals surface area contributed by atoms with Crippen LogP contribution in [0.4, 0.5) is 0 Å². The zero-order valence-electron chi connectivity index (χ0n) is 16.5. The molecule has 6 heteroatoms. The number of esters is 1. The van der Waals surface area contributed by atoms with E-state index in [2.05, 4.69) is 4.57 Å². The minimum absolute atomic E-state index is 0.0352. The van der Waals surface area contributed by atoms with Crippen molar-refractivity contribution in [2.24, 2.45) is 0 Å². The van der Waals surface area contributed by atoms with Gasteiger partial charge in [-0.3, -0.25) is 0 Å². The number of rotatable bonds is 7. The molecule has 2 aromatic rings. The number of aromatic nitrogens is 1. The van der Waals surface area contributed by atoms with Gasteiger partial charge in [-0.15, -0.1) is 0 Å². The number of carbonyl (C=O) groups is 1. The summed E-state index contributed by atoms with van der Waals surface area (Å²) in [5.74, 6) is -0.679. The topological polar surface area (TPSA) is 88.0 Å². The number of benzene rings is 1. The second-order valence-corrected chi connectivity index (χ2v) is 6.56. The monoisotopic (exact) mass is 377 g/mol. The number of hydrogen-bond acceptors (Lipinski definition) is 5. The Morgan fingerprint density at radius 1 is 1.25 bits per heavy atom. The number of ether oxygens (including phenoxy) is 2. The molecule has 1 heterocycles. The third-order valence-corrected chi connectivity index (χ3v) is 4.47. The van der Waals surface area contributed by atoms with Crippen molar-refractivity contribution >= 4 is 12.0 Å². The predicted molar refractivity (Wildman–Crippen MR) is 105 cm³/mol. The molecule has 6 nitrogen and oxygen atoms in total. The summed E-state index contributed by atoms with van der Waals surface area (Å²) in [5.41, 5.74) is 3.99. The van der Waals surface area contributed by atoms with Crippen LogP contribution >= 0.6 is 0 Å². The van der Waals surface area contributed by atoms with Crippen molar-refractivity contribution in [3.63, 3.8) is 0 Å². The maximum atomic E-state index is 12.3. The molecular formula is C22H23N3O3. The largest absolute Gasteiger partial charge is 0.457 e. The highest BCUT2D eigenvalue weighted by molar-refractivity contribution is 5.98. The van der Waals surface area contributed by atoms with E-state index >= 15 is 0 Å². The molecule has 0 aliphatic heterocycles. The summed E-state index contributed by atoms with van der Waals surface area (Å²) in [6, 6.07) is 12.8. The third-order valence-electron chi connectivity index (χ3n) is 4.47. The van der Waals surface area contributed by atoms with Crippen LogP contribution in [0, 0.1) is 36.5 Å². The van der Waals surface area contributed by atoms with Crippen LogP contribution < -0.4 is 0 Å². The summed E-state index contributed by atoms with van der Waals surface area (Å²) in [6.45, 7) is 6.58. The Hall–Kier alpha value is -3.35. The number of methoxy groups -OCH3 is 1. The van der Waals surface area contributed by atoms with E-state index in [0.717, 1.165) is 22.5 Å². The zero-order valence-corrected chi connectivity index (χ0v) is 16.5. The van der Waals surface area contributed by atoms with Crippen molar-refractivity contribution in [2.75, 3.05) is 13.7 Å². The molecular weight excluding hydrogens is 354 g/mol. The average molecular weight is 377 g/mol. The van der Waals surface area contributed by atoms with Gasteiger partial charge in [-0.25, -0.2) is 4.79 Å². The Balaban J connectivity index is 2.16. The first-order chi connectivity index (χ1) is 13.4. The smallest absolute Gasteiger partial charge is 0.349 e. The van der Waals surface area contributed by atoms with Gasteiger partial charge in [-0.2, -0.15) is 10.5 Å². The van der Waals surface area contributed by atoms with Crippen LogP contribution in [0.5, 0.6) is 0 Å². The Bertz CT molecular complexity index is 957. The first kappa shape index (κ1) is 21.0. The highest BCUT2D eigenvalue weighted by Gasteiger charge is 2.16. The first-order valence-corrected chi connectivity index (χ1v) is 8.86. The van der Waals surface area contributed by atoms with Crippen molar-refractivity contribution in [1.82, 2.24) is 4.57 Å². The number of nitriles is 2. The fourth-order valence-corrected chi connectivity index (χ4v) is 3.14. The van der Waals surface area contributed by atoms with Crippen LogP contribution in [0.2, 0.25) is 0 Å². The van der Waals surface area contributed by atoms with Gasteiger partial charge in [0.1, 0.15) is 18.2 Å². The lowest BCUT2D eigenvalue weighted by atomic mass is 10.1. The number of nitrogens with zero attached hydrogens (tertiary/aromatic N) is 3. The quantitative estimate of drug-likeness (QED) is 0.416. The highest BCUT2D eigenvalue weighted by atomic mass is 16.5. The summed E-state index contributed by atoms with van der Waals surface area (Å²) in [5, 5.41) is 18.2. The lowest BCUT2D eigenvalue weighted by Crippen LogP contribution is -2.13. The Morgan fingerprint density at radius 3 is 2.50 bits per heavy atom. The molecule has 1 atom stereocenters. The molecule has 0 saturated carbocycles. The first-order valence-electron chi connectivity index (χ1n) is 8.86. The van der Waals surface area contributed by atoms with Crippen molar-refractivity contribution in [3.8, 4) is 12.1 Å². The van der Waals surface area contributed by atoms with Gasteiger partial charge in [0.25, 0.3) is 0 Å². The molecule has 0 aliphatic carbocycles. The summed E-state index contributed by atoms with van der Waals surface area (Å²) in [7, 11) is 1.66. The Kier molecular flexibility index (Phi) is 7.14. The molecule has 0 saturated heterocycles. The standard InChI is InChI=1S/C22H23N3O3/c1-15-9-20(17(3)25(15)16(2)13-27-4)10-21(12-24)22(26)28-14-19-7-5-18(11-23)6-8-19/h5-10,16H,13-14H2,1-4H3/b21-10+/t16-/m1/s1. The molecule has 0 bridgehead atoms. The van der Waals surface area contributed by atoms with E-state index in [-0.39, 0.29) is 18.2 Å². The maximum absolute atomic E-state index is 12.3. The second kappa shape index (κ2) is 9.55. The summed E-state index contributed by atoms with van der Waals surface area (Å²) < 4.78 is 12.6. The average Bonchev–Trinajstić information content (AvgIpc) is 2.97. The van der Waals surface area contributed by atoms with E-state index < -0.39 is 5.97 Å². The van der Waals surface area contributed by atoms with E-state index in [4.69, 9.17) is 14.7 Å². The van der Waals surface area contributed by atoms with Gasteiger partial charge in [-0.05, 0) is 56.2 Å². The van der Waals surface area contributed by atoms with Crippen LogP contribution in [0.3, 0.4) is 0 Å². The zero-order chi connectivity index (χ0) is 20.7. The van der Waals surface area contributed by atoms with E-state index in [1.807, 2.05) is 39.0 Å². The molecule has 144 valence electrons. The van der Waals surface area contributed by atoms with Crippen LogP contribution in [0.1, 0.15) is 41.0 Å². The molecule has 2 rings (SSSR count). The molecule has 0 aliphatic rings. The molecule has 1 aromatic heterocycles. The molecule has 0 N–H and O–H groups in total. The van der Waals surface area contributed by atoms with Gasteiger partial charge < -0.3 is 14.0 Å². The van der Waals surface area contributed by atoms with Gasteiger partial charge in [0, 0.05) is 18.5 Å². The van der Waals surface area contributed by atoms with Gasteiger partial charge >= 0.3 is 5.97 Å². The number of aryl methyl sites for hydroxylation is 1. The van der Waals surface area contributed by atoms with Gasteiger partial charge in [0.15, 0.2) is 0 Å². The van der Waals surface area contributed by atoms with Gasteiger partial charge in [-0.1, -0.05) is 12.1 Å². The van der Waals surface area contributed by atoms with E-state index in [1.54, 1.807) is 37.5 Å². The van der Waals surface area contributed by atoms with E-state index in [1.165, 1.54) is 0 Å². The Labute approximate surface area is 165 Å². The third kappa shape index (κ3) is 4.88. The molecule has 0 spiro atoms. The molecule has 0 amide bonds. The minimum Gasteiger partial charge on any atom is -0.457 e. The van der Waals surface area contributed by atoms with Crippen molar-refractivity contribution in [3.05, 3.63) is 64.0 Å². The van der Waals surface area contributed by atoms with Crippen molar-refractivity contribution in [2.45, 2.75) is 33.4 Å². The highest BCUT2D eigenvalue weighted by Crippen LogP contribution is 2.23. The Morgan fingerprint density at radius 2 is 1.93 bits per heavy atom. The lowest BCUT2D eigenvalue weighted by molar-refractivity contribution is -0.139. The molecule has 0 radical (unpaired) electrons. The van der Waals surface area contributed by atoms with Crippen molar-refractivity contribution in [1.29, 1.82) is 10.5 Å². The van der Waals surface area contributed by atoms with Crippen molar-refractivity contribution < 1.29 is 14.3 Å². The predicted octanol–water partition coefficient (Wildman–Crippen LogP) is 3.83. The molecule has 0 unspecified atom stereocenters. The number of carbonyl (C=O) groups excluding carboxylic acids is 1. The van der Waals surface area contributed by atoms with Crippen LogP contribution in [0.15, 0.2) is 35.9 Å². The van der Waals surface area contributed by atoms with Crippen LogP contribution in [-0.2, 0) is 20.9 Å². The van der Waals surface area contributed by atoms with Crippen LogP contribution in [0.25, 0.3) is 6.08 Å². The van der Waals surface area contributed by atoms with Gasteiger partial charge in [0.05, 0.1) is 24.3 Å².